The van der Waals surface area contributed by atoms with Gasteiger partial charge in [0.05, 0.1) is 11.7 Å². The van der Waals surface area contributed by atoms with Crippen LogP contribution in [0.5, 0.6) is 5.75 Å². The van der Waals surface area contributed by atoms with Crippen LogP contribution in [-0.4, -0.2) is 24.5 Å². The van der Waals surface area contributed by atoms with E-state index in [0.29, 0.717) is 11.4 Å². The van der Waals surface area contributed by atoms with E-state index < -0.39 is 0 Å². The fourth-order valence-corrected chi connectivity index (χ4v) is 2.62. The fraction of sp³-hybridized carbons (Fsp3) is 0.267. The number of para-hydroxylation sites is 2. The van der Waals surface area contributed by atoms with Gasteiger partial charge in [-0.25, -0.2) is 0 Å². The molecule has 0 aliphatic carbocycles. The van der Waals surface area contributed by atoms with Gasteiger partial charge in [-0.15, -0.1) is 11.3 Å². The van der Waals surface area contributed by atoms with Crippen LogP contribution in [0.2, 0.25) is 0 Å². The van der Waals surface area contributed by atoms with Gasteiger partial charge in [-0.05, 0) is 30.5 Å². The van der Waals surface area contributed by atoms with Crippen molar-refractivity contribution >= 4 is 22.9 Å². The minimum atomic E-state index is -0.0749. The van der Waals surface area contributed by atoms with Gasteiger partial charge in [-0.1, -0.05) is 18.2 Å². The Morgan fingerprint density at radius 3 is 2.75 bits per heavy atom. The summed E-state index contributed by atoms with van der Waals surface area (Å²) in [6, 6.07) is 11.2. The summed E-state index contributed by atoms with van der Waals surface area (Å²) in [7, 11) is 1.78. The highest BCUT2D eigenvalue weighted by Gasteiger charge is 2.18. The fourth-order valence-electron chi connectivity index (χ4n) is 1.79. The zero-order chi connectivity index (χ0) is 14.5. The number of likely N-dealkylation sites (N-methyl/N-ethyl adjacent to an activating group) is 1. The number of nitrogen functional groups attached to an aromatic ring is 1. The van der Waals surface area contributed by atoms with E-state index in [0.717, 1.165) is 4.88 Å². The quantitative estimate of drug-likeness (QED) is 0.861. The van der Waals surface area contributed by atoms with Crippen LogP contribution in [-0.2, 0) is 4.79 Å². The summed E-state index contributed by atoms with van der Waals surface area (Å²) in [6.07, 6.45) is 0. The molecule has 0 saturated heterocycles. The zero-order valence-electron chi connectivity index (χ0n) is 11.6. The number of hydrogen-bond donors (Lipinski definition) is 1. The maximum absolute atomic E-state index is 12.1. The first kappa shape index (κ1) is 14.4. The topological polar surface area (TPSA) is 55.6 Å². The molecule has 2 aromatic rings. The molecule has 0 aliphatic heterocycles. The summed E-state index contributed by atoms with van der Waals surface area (Å²) in [4.78, 5) is 15.0. The lowest BCUT2D eigenvalue weighted by Crippen LogP contribution is -2.33. The number of anilines is 1. The maximum Gasteiger partial charge on any atom is 0.260 e. The monoisotopic (exact) mass is 290 g/mol. The Hall–Kier alpha value is -2.01. The maximum atomic E-state index is 12.1. The van der Waals surface area contributed by atoms with E-state index in [4.69, 9.17) is 10.5 Å². The second-order valence-electron chi connectivity index (χ2n) is 4.52. The number of amides is 1. The smallest absolute Gasteiger partial charge is 0.260 e. The average Bonchev–Trinajstić information content (AvgIpc) is 2.98. The van der Waals surface area contributed by atoms with Gasteiger partial charge in [-0.3, -0.25) is 4.79 Å². The van der Waals surface area contributed by atoms with Crippen molar-refractivity contribution in [1.29, 1.82) is 0 Å². The molecule has 1 amide bonds. The summed E-state index contributed by atoms with van der Waals surface area (Å²) in [5, 5.41) is 2.01. The average molecular weight is 290 g/mol. The predicted octanol–water partition coefficient (Wildman–Crippen LogP) is 2.93. The van der Waals surface area contributed by atoms with E-state index in [2.05, 4.69) is 0 Å². The van der Waals surface area contributed by atoms with Gasteiger partial charge in [0.15, 0.2) is 6.61 Å². The molecule has 106 valence electrons. The van der Waals surface area contributed by atoms with Gasteiger partial charge in [0.2, 0.25) is 0 Å². The van der Waals surface area contributed by atoms with Crippen molar-refractivity contribution in [2.75, 3.05) is 19.4 Å². The highest BCUT2D eigenvalue weighted by atomic mass is 32.1. The van der Waals surface area contributed by atoms with E-state index in [1.165, 1.54) is 0 Å². The minimum absolute atomic E-state index is 0.0135. The van der Waals surface area contributed by atoms with Gasteiger partial charge in [0, 0.05) is 11.9 Å². The number of carbonyl (C=O) groups excluding carboxylic acids is 1. The second-order valence-corrected chi connectivity index (χ2v) is 5.50. The normalized spacial score (nSPS) is 11.9. The number of thiophene rings is 1. The van der Waals surface area contributed by atoms with Crippen molar-refractivity contribution in [2.45, 2.75) is 13.0 Å². The molecule has 0 radical (unpaired) electrons. The molecule has 1 heterocycles. The summed E-state index contributed by atoms with van der Waals surface area (Å²) in [5.41, 5.74) is 6.31. The van der Waals surface area contributed by atoms with Crippen molar-refractivity contribution < 1.29 is 9.53 Å². The number of benzene rings is 1. The van der Waals surface area contributed by atoms with Crippen LogP contribution in [0.4, 0.5) is 5.69 Å². The molecule has 0 aliphatic rings. The van der Waals surface area contributed by atoms with E-state index in [9.17, 15) is 4.79 Å². The molecule has 2 N–H and O–H groups in total. The van der Waals surface area contributed by atoms with E-state index in [1.807, 2.05) is 36.6 Å². The van der Waals surface area contributed by atoms with Gasteiger partial charge in [0.25, 0.3) is 5.91 Å². The van der Waals surface area contributed by atoms with E-state index in [1.54, 1.807) is 35.4 Å². The van der Waals surface area contributed by atoms with Crippen molar-refractivity contribution in [3.63, 3.8) is 0 Å². The largest absolute Gasteiger partial charge is 0.482 e. The molecule has 20 heavy (non-hydrogen) atoms. The lowest BCUT2D eigenvalue weighted by Gasteiger charge is -2.24. The first-order valence-electron chi connectivity index (χ1n) is 6.36. The number of ether oxygens (including phenoxy) is 1. The first-order valence-corrected chi connectivity index (χ1v) is 7.24. The minimum Gasteiger partial charge on any atom is -0.482 e. The molecular weight excluding hydrogens is 272 g/mol. The lowest BCUT2D eigenvalue weighted by atomic mass is 10.2. The molecule has 0 fully saturated rings. The van der Waals surface area contributed by atoms with E-state index >= 15 is 0 Å². The van der Waals surface area contributed by atoms with Crippen LogP contribution in [0, 0.1) is 0 Å². The molecule has 0 saturated carbocycles. The number of hydrogen-bond acceptors (Lipinski definition) is 4. The SMILES string of the molecule is CC(c1cccs1)N(C)C(=O)COc1ccccc1N. The standard InChI is InChI=1S/C15H18N2O2S/c1-11(14-8-5-9-20-14)17(2)15(18)10-19-13-7-4-3-6-12(13)16/h3-9,11H,10,16H2,1-2H3. The van der Waals surface area contributed by atoms with Crippen LogP contribution in [0.1, 0.15) is 17.8 Å². The number of rotatable bonds is 5. The van der Waals surface area contributed by atoms with Gasteiger partial charge < -0.3 is 15.4 Å². The molecule has 1 aromatic heterocycles. The second kappa shape index (κ2) is 6.43. The molecule has 4 nitrogen and oxygen atoms in total. The highest BCUT2D eigenvalue weighted by Crippen LogP contribution is 2.24. The molecule has 2 rings (SSSR count). The Morgan fingerprint density at radius 1 is 1.35 bits per heavy atom. The summed E-state index contributed by atoms with van der Waals surface area (Å²) >= 11 is 1.64. The highest BCUT2D eigenvalue weighted by molar-refractivity contribution is 7.10. The lowest BCUT2D eigenvalue weighted by molar-refractivity contribution is -0.133. The summed E-state index contributed by atoms with van der Waals surface area (Å²) < 4.78 is 5.47. The summed E-state index contributed by atoms with van der Waals surface area (Å²) in [5.74, 6) is 0.465. The molecule has 1 aromatic carbocycles. The third-order valence-corrected chi connectivity index (χ3v) is 4.24. The van der Waals surface area contributed by atoms with Crippen molar-refractivity contribution in [1.82, 2.24) is 4.90 Å². The van der Waals surface area contributed by atoms with Gasteiger partial charge in [-0.2, -0.15) is 0 Å². The first-order chi connectivity index (χ1) is 9.59. The van der Waals surface area contributed by atoms with Crippen molar-refractivity contribution in [2.24, 2.45) is 0 Å². The Kier molecular flexibility index (Phi) is 4.63. The molecule has 0 spiro atoms. The van der Waals surface area contributed by atoms with Crippen LogP contribution in [0.15, 0.2) is 41.8 Å². The van der Waals surface area contributed by atoms with Crippen LogP contribution < -0.4 is 10.5 Å². The van der Waals surface area contributed by atoms with Crippen LogP contribution in [0.3, 0.4) is 0 Å². The van der Waals surface area contributed by atoms with Crippen LogP contribution in [0.25, 0.3) is 0 Å². The van der Waals surface area contributed by atoms with Crippen molar-refractivity contribution in [3.05, 3.63) is 46.7 Å². The van der Waals surface area contributed by atoms with Crippen molar-refractivity contribution in [3.8, 4) is 5.75 Å². The molecular formula is C15H18N2O2S. The van der Waals surface area contributed by atoms with Crippen LogP contribution >= 0.6 is 11.3 Å². The number of carbonyl (C=O) groups is 1. The molecule has 1 atom stereocenters. The Balaban J connectivity index is 1.93. The molecule has 0 bridgehead atoms. The van der Waals surface area contributed by atoms with Gasteiger partial charge >= 0.3 is 0 Å². The number of nitrogens with two attached hydrogens (primary N) is 1. The third-order valence-electron chi connectivity index (χ3n) is 3.20. The Morgan fingerprint density at radius 2 is 2.10 bits per heavy atom. The Labute approximate surface area is 122 Å². The third kappa shape index (κ3) is 3.30. The molecule has 5 heteroatoms. The molecule has 1 unspecified atom stereocenters. The zero-order valence-corrected chi connectivity index (χ0v) is 12.4. The van der Waals surface area contributed by atoms with Gasteiger partial charge in [0.1, 0.15) is 5.75 Å². The van der Waals surface area contributed by atoms with E-state index in [-0.39, 0.29) is 18.6 Å². The number of nitrogens with zero attached hydrogens (tertiary/aromatic N) is 1. The Bertz CT molecular complexity index is 569. The summed E-state index contributed by atoms with van der Waals surface area (Å²) in [6.45, 7) is 1.99. The predicted molar refractivity (Wildman–Crippen MR) is 81.9 cm³/mol.